The van der Waals surface area contributed by atoms with Crippen molar-refractivity contribution in [1.82, 2.24) is 4.98 Å². The Labute approximate surface area is 187 Å². The number of rotatable bonds is 6. The number of hydrogen-bond acceptors (Lipinski definition) is 5. The van der Waals surface area contributed by atoms with Crippen molar-refractivity contribution >= 4 is 10.8 Å². The van der Waals surface area contributed by atoms with E-state index in [1.54, 1.807) is 27.5 Å². The molecule has 0 N–H and O–H groups in total. The summed E-state index contributed by atoms with van der Waals surface area (Å²) >= 11 is 0. The number of aryl methyl sites for hydroxylation is 2. The molecule has 0 aliphatic carbocycles. The first-order chi connectivity index (χ1) is 15.7. The largest absolute Gasteiger partial charge is 0.493 e. The molecular formula is C26H25N2O4+. The predicted octanol–water partition coefficient (Wildman–Crippen LogP) is 4.35. The monoisotopic (exact) mass is 429 g/mol. The first-order valence-corrected chi connectivity index (χ1v) is 10.5. The van der Waals surface area contributed by atoms with Crippen LogP contribution in [0.3, 0.4) is 0 Å². The van der Waals surface area contributed by atoms with Crippen LogP contribution in [0, 0.1) is 0 Å². The standard InChI is InChI=1S/C26H25N2O4/c1-29-23-8-7-17-12-22-20-14-25(31-3)24(30-2)13-18(20)9-11-28(22)15-21(17)26(23)32-16-19-6-4-5-10-27-19/h4-8,10,12-15H,9,11,16H2,1-3H3/q+1. The van der Waals surface area contributed by atoms with Crippen molar-refractivity contribution in [3.8, 4) is 34.3 Å². The van der Waals surface area contributed by atoms with E-state index in [1.165, 1.54) is 5.56 Å². The van der Waals surface area contributed by atoms with E-state index in [9.17, 15) is 0 Å². The number of nitrogens with zero attached hydrogens (tertiary/aromatic N) is 2. The number of fused-ring (bicyclic) bond motifs is 4. The molecule has 32 heavy (non-hydrogen) atoms. The molecule has 0 amide bonds. The van der Waals surface area contributed by atoms with Crippen LogP contribution in [0.1, 0.15) is 11.3 Å². The van der Waals surface area contributed by atoms with Crippen LogP contribution in [-0.4, -0.2) is 26.3 Å². The van der Waals surface area contributed by atoms with Crippen molar-refractivity contribution in [1.29, 1.82) is 0 Å². The predicted molar refractivity (Wildman–Crippen MR) is 122 cm³/mol. The van der Waals surface area contributed by atoms with Gasteiger partial charge >= 0.3 is 0 Å². The maximum atomic E-state index is 6.22. The number of pyridine rings is 2. The van der Waals surface area contributed by atoms with E-state index in [4.69, 9.17) is 18.9 Å². The molecule has 6 nitrogen and oxygen atoms in total. The van der Waals surface area contributed by atoms with E-state index in [0.29, 0.717) is 12.4 Å². The molecule has 0 saturated carbocycles. The van der Waals surface area contributed by atoms with Crippen molar-refractivity contribution in [3.05, 3.63) is 72.2 Å². The van der Waals surface area contributed by atoms with Crippen molar-refractivity contribution in [2.75, 3.05) is 21.3 Å². The lowest BCUT2D eigenvalue weighted by atomic mass is 9.95. The van der Waals surface area contributed by atoms with Crippen LogP contribution in [0.4, 0.5) is 0 Å². The van der Waals surface area contributed by atoms with Gasteiger partial charge in [-0.15, -0.1) is 0 Å². The minimum atomic E-state index is 0.373. The van der Waals surface area contributed by atoms with Gasteiger partial charge in [-0.25, -0.2) is 0 Å². The van der Waals surface area contributed by atoms with Gasteiger partial charge in [-0.05, 0) is 47.3 Å². The summed E-state index contributed by atoms with van der Waals surface area (Å²) in [6.45, 7) is 1.24. The van der Waals surface area contributed by atoms with Crippen molar-refractivity contribution in [2.45, 2.75) is 19.6 Å². The molecular weight excluding hydrogens is 404 g/mol. The minimum Gasteiger partial charge on any atom is -0.493 e. The van der Waals surface area contributed by atoms with E-state index in [-0.39, 0.29) is 0 Å². The fraction of sp³-hybridized carbons (Fsp3) is 0.231. The Morgan fingerprint density at radius 3 is 2.47 bits per heavy atom. The summed E-state index contributed by atoms with van der Waals surface area (Å²) in [5.41, 5.74) is 4.41. The summed E-state index contributed by atoms with van der Waals surface area (Å²) in [7, 11) is 5.00. The van der Waals surface area contributed by atoms with Crippen molar-refractivity contribution < 1.29 is 23.5 Å². The zero-order valence-corrected chi connectivity index (χ0v) is 18.4. The Hall–Kier alpha value is -3.80. The van der Waals surface area contributed by atoms with Gasteiger partial charge in [0.15, 0.2) is 35.7 Å². The summed E-state index contributed by atoms with van der Waals surface area (Å²) in [6, 6.07) is 16.2. The van der Waals surface area contributed by atoms with E-state index in [0.717, 1.165) is 57.9 Å². The van der Waals surface area contributed by atoms with Gasteiger partial charge < -0.3 is 18.9 Å². The lowest BCUT2D eigenvalue weighted by Gasteiger charge is -2.19. The molecule has 3 heterocycles. The van der Waals surface area contributed by atoms with Gasteiger partial charge in [-0.2, -0.15) is 4.57 Å². The Kier molecular flexibility index (Phi) is 5.27. The average Bonchev–Trinajstić information content (AvgIpc) is 2.85. The zero-order valence-electron chi connectivity index (χ0n) is 18.4. The molecule has 2 aromatic carbocycles. The molecule has 162 valence electrons. The molecule has 2 aromatic heterocycles. The van der Waals surface area contributed by atoms with Gasteiger partial charge in [0.05, 0.1) is 38.0 Å². The van der Waals surface area contributed by atoms with Crippen LogP contribution in [0.15, 0.2) is 60.9 Å². The molecule has 1 aliphatic rings. The SMILES string of the molecule is COc1cc2c(cc1OC)-c1cc3ccc(OC)c(OCc4ccccn4)c3c[n+]1CC2. The maximum Gasteiger partial charge on any atom is 0.213 e. The highest BCUT2D eigenvalue weighted by atomic mass is 16.5. The molecule has 0 spiro atoms. The molecule has 1 aliphatic heterocycles. The van der Waals surface area contributed by atoms with Gasteiger partial charge in [0.2, 0.25) is 5.69 Å². The second kappa shape index (κ2) is 8.38. The second-order valence-electron chi connectivity index (χ2n) is 7.68. The molecule has 0 radical (unpaired) electrons. The number of aromatic nitrogens is 2. The first kappa shape index (κ1) is 20.1. The Balaban J connectivity index is 1.61. The molecule has 6 heteroatoms. The topological polar surface area (TPSA) is 53.7 Å². The Bertz CT molecular complexity index is 1290. The van der Waals surface area contributed by atoms with Crippen molar-refractivity contribution in [2.24, 2.45) is 0 Å². The van der Waals surface area contributed by atoms with Crippen LogP contribution in [0.25, 0.3) is 22.0 Å². The Morgan fingerprint density at radius 2 is 1.72 bits per heavy atom. The van der Waals surface area contributed by atoms with E-state index < -0.39 is 0 Å². The molecule has 5 rings (SSSR count). The molecule has 0 atom stereocenters. The van der Waals surface area contributed by atoms with Crippen LogP contribution < -0.4 is 23.5 Å². The van der Waals surface area contributed by atoms with Gasteiger partial charge in [-0.3, -0.25) is 4.98 Å². The number of methoxy groups -OCH3 is 3. The highest BCUT2D eigenvalue weighted by molar-refractivity contribution is 5.91. The number of benzene rings is 2. The fourth-order valence-corrected chi connectivity index (χ4v) is 4.27. The summed E-state index contributed by atoms with van der Waals surface area (Å²) in [6.07, 6.45) is 4.83. The second-order valence-corrected chi connectivity index (χ2v) is 7.68. The third-order valence-corrected chi connectivity index (χ3v) is 5.90. The van der Waals surface area contributed by atoms with Crippen LogP contribution >= 0.6 is 0 Å². The smallest absolute Gasteiger partial charge is 0.213 e. The number of ether oxygens (including phenoxy) is 4. The quantitative estimate of drug-likeness (QED) is 0.427. The molecule has 0 saturated heterocycles. The number of hydrogen-bond donors (Lipinski definition) is 0. The summed E-state index contributed by atoms with van der Waals surface area (Å²) in [4.78, 5) is 4.36. The molecule has 0 fully saturated rings. The highest BCUT2D eigenvalue weighted by Gasteiger charge is 2.27. The fourth-order valence-electron chi connectivity index (χ4n) is 4.27. The van der Waals surface area contributed by atoms with E-state index in [2.05, 4.69) is 40.0 Å². The van der Waals surface area contributed by atoms with Gasteiger partial charge in [0.25, 0.3) is 0 Å². The normalized spacial score (nSPS) is 12.1. The first-order valence-electron chi connectivity index (χ1n) is 10.5. The van der Waals surface area contributed by atoms with Gasteiger partial charge in [0.1, 0.15) is 6.61 Å². The lowest BCUT2D eigenvalue weighted by Crippen LogP contribution is -2.40. The summed E-state index contributed by atoms with van der Waals surface area (Å²) in [5, 5.41) is 2.09. The van der Waals surface area contributed by atoms with Crippen LogP contribution in [0.5, 0.6) is 23.0 Å². The van der Waals surface area contributed by atoms with E-state index >= 15 is 0 Å². The third kappa shape index (κ3) is 3.47. The lowest BCUT2D eigenvalue weighted by molar-refractivity contribution is -0.686. The van der Waals surface area contributed by atoms with Crippen LogP contribution in [0.2, 0.25) is 0 Å². The molecule has 0 bridgehead atoms. The molecule has 4 aromatic rings. The third-order valence-electron chi connectivity index (χ3n) is 5.90. The van der Waals surface area contributed by atoms with Gasteiger partial charge in [-0.1, -0.05) is 6.07 Å². The van der Waals surface area contributed by atoms with Crippen LogP contribution in [-0.2, 0) is 19.6 Å². The minimum absolute atomic E-state index is 0.373. The summed E-state index contributed by atoms with van der Waals surface area (Å²) in [5.74, 6) is 2.92. The molecule has 0 unspecified atom stereocenters. The highest BCUT2D eigenvalue weighted by Crippen LogP contribution is 2.40. The van der Waals surface area contributed by atoms with E-state index in [1.807, 2.05) is 24.3 Å². The van der Waals surface area contributed by atoms with Crippen molar-refractivity contribution in [3.63, 3.8) is 0 Å². The Morgan fingerprint density at radius 1 is 0.906 bits per heavy atom. The maximum absolute atomic E-state index is 6.22. The average molecular weight is 429 g/mol. The summed E-state index contributed by atoms with van der Waals surface area (Å²) < 4.78 is 25.1. The zero-order chi connectivity index (χ0) is 22.1. The van der Waals surface area contributed by atoms with Gasteiger partial charge in [0, 0.05) is 18.7 Å².